The van der Waals surface area contributed by atoms with Gasteiger partial charge in [-0.3, -0.25) is 0 Å². The van der Waals surface area contributed by atoms with Crippen molar-refractivity contribution in [2.45, 2.75) is 39.5 Å². The third kappa shape index (κ3) is 2.17. The maximum absolute atomic E-state index is 4.78. The predicted molar refractivity (Wildman–Crippen MR) is 82.3 cm³/mol. The van der Waals surface area contributed by atoms with E-state index >= 15 is 0 Å². The molecule has 0 bridgehead atoms. The minimum Gasteiger partial charge on any atom is -0.370 e. The average molecular weight is 267 g/mol. The minimum atomic E-state index is 0.350. The van der Waals surface area contributed by atoms with Crippen molar-refractivity contribution in [3.8, 4) is 0 Å². The Labute approximate surface area is 120 Å². The van der Waals surface area contributed by atoms with E-state index in [0.29, 0.717) is 5.92 Å². The standard InChI is InChI=1S/C17H21N3/c1-4-18-16-11(2)12(3)19-17(20-16)15-10-9-13-7-5-6-8-14(13)15/h5-8,15H,4,9-10H2,1-3H3,(H,18,19,20). The third-order valence-corrected chi connectivity index (χ3v) is 4.20. The lowest BCUT2D eigenvalue weighted by atomic mass is 10.0. The van der Waals surface area contributed by atoms with Gasteiger partial charge < -0.3 is 5.32 Å². The predicted octanol–water partition coefficient (Wildman–Crippen LogP) is 3.60. The molecule has 1 unspecified atom stereocenters. The lowest BCUT2D eigenvalue weighted by Gasteiger charge is -2.15. The van der Waals surface area contributed by atoms with Gasteiger partial charge in [-0.15, -0.1) is 0 Å². The van der Waals surface area contributed by atoms with Crippen LogP contribution in [0.3, 0.4) is 0 Å². The Kier molecular flexibility index (Phi) is 3.43. The van der Waals surface area contributed by atoms with Crippen LogP contribution in [0.2, 0.25) is 0 Å². The molecule has 20 heavy (non-hydrogen) atoms. The first-order valence-corrected chi connectivity index (χ1v) is 7.37. The normalized spacial score (nSPS) is 17.1. The molecule has 3 heteroatoms. The fourth-order valence-corrected chi connectivity index (χ4v) is 2.97. The third-order valence-electron chi connectivity index (χ3n) is 4.20. The van der Waals surface area contributed by atoms with Crippen molar-refractivity contribution in [3.05, 3.63) is 52.5 Å². The Bertz CT molecular complexity index is 634. The molecule has 104 valence electrons. The Morgan fingerprint density at radius 2 is 2.00 bits per heavy atom. The maximum atomic E-state index is 4.78. The molecule has 0 saturated carbocycles. The zero-order valence-electron chi connectivity index (χ0n) is 12.4. The van der Waals surface area contributed by atoms with Crippen LogP contribution in [0.25, 0.3) is 0 Å². The molecular formula is C17H21N3. The molecule has 1 aliphatic rings. The van der Waals surface area contributed by atoms with Crippen LogP contribution in [0, 0.1) is 13.8 Å². The SMILES string of the molecule is CCNc1nc(C2CCc3ccccc32)nc(C)c1C. The van der Waals surface area contributed by atoms with E-state index in [-0.39, 0.29) is 0 Å². The van der Waals surface area contributed by atoms with E-state index in [9.17, 15) is 0 Å². The Morgan fingerprint density at radius 3 is 2.80 bits per heavy atom. The first kappa shape index (κ1) is 13.1. The number of rotatable bonds is 3. The molecule has 0 spiro atoms. The van der Waals surface area contributed by atoms with Crippen LogP contribution in [0.5, 0.6) is 0 Å². The summed E-state index contributed by atoms with van der Waals surface area (Å²) in [6, 6.07) is 8.68. The Morgan fingerprint density at radius 1 is 1.20 bits per heavy atom. The largest absolute Gasteiger partial charge is 0.370 e. The van der Waals surface area contributed by atoms with Crippen molar-refractivity contribution in [2.75, 3.05) is 11.9 Å². The second-order valence-corrected chi connectivity index (χ2v) is 5.46. The fraction of sp³-hybridized carbons (Fsp3) is 0.412. The van der Waals surface area contributed by atoms with Crippen LogP contribution in [0.4, 0.5) is 5.82 Å². The Hall–Kier alpha value is -1.90. The molecule has 1 aromatic carbocycles. The second-order valence-electron chi connectivity index (χ2n) is 5.46. The highest BCUT2D eigenvalue weighted by molar-refractivity contribution is 5.47. The molecule has 2 aromatic rings. The van der Waals surface area contributed by atoms with Gasteiger partial charge in [-0.05, 0) is 44.7 Å². The van der Waals surface area contributed by atoms with Gasteiger partial charge in [0.25, 0.3) is 0 Å². The monoisotopic (exact) mass is 267 g/mol. The molecule has 3 rings (SSSR count). The summed E-state index contributed by atoms with van der Waals surface area (Å²) in [6.07, 6.45) is 2.25. The molecular weight excluding hydrogens is 246 g/mol. The van der Waals surface area contributed by atoms with E-state index in [4.69, 9.17) is 9.97 Å². The second kappa shape index (κ2) is 5.23. The van der Waals surface area contributed by atoms with Crippen molar-refractivity contribution in [2.24, 2.45) is 0 Å². The van der Waals surface area contributed by atoms with Gasteiger partial charge in [-0.25, -0.2) is 9.97 Å². The summed E-state index contributed by atoms with van der Waals surface area (Å²) in [7, 11) is 0. The zero-order valence-corrected chi connectivity index (χ0v) is 12.4. The van der Waals surface area contributed by atoms with Gasteiger partial charge in [0.2, 0.25) is 0 Å². The van der Waals surface area contributed by atoms with Gasteiger partial charge >= 0.3 is 0 Å². The molecule has 0 fully saturated rings. The maximum Gasteiger partial charge on any atom is 0.138 e. The van der Waals surface area contributed by atoms with Gasteiger partial charge in [0.05, 0.1) is 0 Å². The van der Waals surface area contributed by atoms with Crippen LogP contribution in [0.1, 0.15) is 47.5 Å². The quantitative estimate of drug-likeness (QED) is 0.923. The summed E-state index contributed by atoms with van der Waals surface area (Å²) < 4.78 is 0. The van der Waals surface area contributed by atoms with Crippen LogP contribution in [-0.2, 0) is 6.42 Å². The van der Waals surface area contributed by atoms with E-state index in [1.807, 2.05) is 0 Å². The summed E-state index contributed by atoms with van der Waals surface area (Å²) in [5, 5.41) is 3.35. The number of anilines is 1. The van der Waals surface area contributed by atoms with Crippen molar-refractivity contribution < 1.29 is 0 Å². The van der Waals surface area contributed by atoms with Crippen molar-refractivity contribution in [1.82, 2.24) is 9.97 Å². The number of aryl methyl sites for hydroxylation is 2. The van der Waals surface area contributed by atoms with Gasteiger partial charge in [0.15, 0.2) is 0 Å². The van der Waals surface area contributed by atoms with Gasteiger partial charge in [0, 0.05) is 23.7 Å². The number of benzene rings is 1. The summed E-state index contributed by atoms with van der Waals surface area (Å²) >= 11 is 0. The van der Waals surface area contributed by atoms with Crippen LogP contribution in [0.15, 0.2) is 24.3 Å². The summed E-state index contributed by atoms with van der Waals surface area (Å²) in [6.45, 7) is 7.14. The molecule has 1 aliphatic carbocycles. The van der Waals surface area contributed by atoms with Gasteiger partial charge in [-0.2, -0.15) is 0 Å². The number of fused-ring (bicyclic) bond motifs is 1. The van der Waals surface area contributed by atoms with Crippen LogP contribution in [-0.4, -0.2) is 16.5 Å². The number of hydrogen-bond donors (Lipinski definition) is 1. The number of hydrogen-bond acceptors (Lipinski definition) is 3. The molecule has 0 amide bonds. The number of aromatic nitrogens is 2. The highest BCUT2D eigenvalue weighted by Crippen LogP contribution is 2.37. The molecule has 0 radical (unpaired) electrons. The van der Waals surface area contributed by atoms with Crippen LogP contribution >= 0.6 is 0 Å². The molecule has 1 aromatic heterocycles. The highest BCUT2D eigenvalue weighted by atomic mass is 15.0. The molecule has 1 N–H and O–H groups in total. The molecule has 1 atom stereocenters. The van der Waals surface area contributed by atoms with E-state index < -0.39 is 0 Å². The minimum absolute atomic E-state index is 0.350. The lowest BCUT2D eigenvalue weighted by molar-refractivity contribution is 0.722. The summed E-state index contributed by atoms with van der Waals surface area (Å²) in [4.78, 5) is 9.53. The first-order chi connectivity index (χ1) is 9.70. The summed E-state index contributed by atoms with van der Waals surface area (Å²) in [5.41, 5.74) is 5.08. The van der Waals surface area contributed by atoms with E-state index in [0.717, 1.165) is 42.3 Å². The van der Waals surface area contributed by atoms with E-state index in [2.05, 4.69) is 50.4 Å². The van der Waals surface area contributed by atoms with Crippen molar-refractivity contribution in [1.29, 1.82) is 0 Å². The van der Waals surface area contributed by atoms with E-state index in [1.54, 1.807) is 0 Å². The first-order valence-electron chi connectivity index (χ1n) is 7.37. The van der Waals surface area contributed by atoms with Crippen molar-refractivity contribution in [3.63, 3.8) is 0 Å². The van der Waals surface area contributed by atoms with Crippen molar-refractivity contribution >= 4 is 5.82 Å². The van der Waals surface area contributed by atoms with Gasteiger partial charge in [-0.1, -0.05) is 24.3 Å². The number of nitrogens with one attached hydrogen (secondary N) is 1. The molecule has 0 saturated heterocycles. The topological polar surface area (TPSA) is 37.8 Å². The average Bonchev–Trinajstić information content (AvgIpc) is 2.88. The Balaban J connectivity index is 2.03. The highest BCUT2D eigenvalue weighted by Gasteiger charge is 2.26. The molecule has 1 heterocycles. The smallest absolute Gasteiger partial charge is 0.138 e. The van der Waals surface area contributed by atoms with Crippen LogP contribution < -0.4 is 5.32 Å². The van der Waals surface area contributed by atoms with E-state index in [1.165, 1.54) is 11.1 Å². The number of nitrogens with zero attached hydrogens (tertiary/aromatic N) is 2. The lowest BCUT2D eigenvalue weighted by Crippen LogP contribution is -2.10. The zero-order chi connectivity index (χ0) is 14.1. The summed E-state index contributed by atoms with van der Waals surface area (Å²) in [5.74, 6) is 2.30. The van der Waals surface area contributed by atoms with Gasteiger partial charge in [0.1, 0.15) is 11.6 Å². The fourth-order valence-electron chi connectivity index (χ4n) is 2.97. The molecule has 0 aliphatic heterocycles. The molecule has 3 nitrogen and oxygen atoms in total.